The minimum absolute atomic E-state index is 0.612. The highest BCUT2D eigenvalue weighted by molar-refractivity contribution is 6.00. The number of ether oxygens (including phenoxy) is 1. The molecule has 0 fully saturated rings. The van der Waals surface area contributed by atoms with Crippen LogP contribution in [0.15, 0.2) is 48.9 Å². The number of rotatable bonds is 4. The Kier molecular flexibility index (Phi) is 3.55. The second-order valence-corrected chi connectivity index (χ2v) is 4.68. The predicted octanol–water partition coefficient (Wildman–Crippen LogP) is 2.83. The first-order valence-corrected chi connectivity index (χ1v) is 6.63. The fourth-order valence-corrected chi connectivity index (χ4v) is 2.24. The van der Waals surface area contributed by atoms with Gasteiger partial charge in [0.05, 0.1) is 7.11 Å². The summed E-state index contributed by atoms with van der Waals surface area (Å²) in [6.45, 7) is 0.681. The van der Waals surface area contributed by atoms with Gasteiger partial charge in [0, 0.05) is 53.3 Å². The Morgan fingerprint density at radius 1 is 1.14 bits per heavy atom. The van der Waals surface area contributed by atoms with Crippen molar-refractivity contribution in [1.29, 1.82) is 0 Å². The highest BCUT2D eigenvalue weighted by atomic mass is 16.5. The Morgan fingerprint density at radius 2 is 2.05 bits per heavy atom. The summed E-state index contributed by atoms with van der Waals surface area (Å²) in [6, 6.07) is 9.70. The number of benzene rings is 1. The van der Waals surface area contributed by atoms with Crippen molar-refractivity contribution in [3.8, 4) is 5.88 Å². The third-order valence-corrected chi connectivity index (χ3v) is 3.34. The Balaban J connectivity index is 1.87. The van der Waals surface area contributed by atoms with Gasteiger partial charge in [-0.05, 0) is 29.8 Å². The standard InChI is InChI=1S/C16H16N4O/c1-21-16-8-11(4-7-19-16)9-20-15-3-2-14(17)13-10-18-6-5-12(13)15/h2-8,10,20H,9,17H2,1H3. The molecule has 106 valence electrons. The molecule has 21 heavy (non-hydrogen) atoms. The molecule has 0 radical (unpaired) electrons. The van der Waals surface area contributed by atoms with Gasteiger partial charge in [0.15, 0.2) is 0 Å². The van der Waals surface area contributed by atoms with Crippen LogP contribution in [0.3, 0.4) is 0 Å². The molecule has 0 aliphatic carbocycles. The van der Waals surface area contributed by atoms with E-state index in [4.69, 9.17) is 10.5 Å². The monoisotopic (exact) mass is 280 g/mol. The lowest BCUT2D eigenvalue weighted by Gasteiger charge is -2.11. The largest absolute Gasteiger partial charge is 0.481 e. The maximum Gasteiger partial charge on any atom is 0.213 e. The van der Waals surface area contributed by atoms with E-state index in [1.807, 2.05) is 30.3 Å². The van der Waals surface area contributed by atoms with E-state index in [9.17, 15) is 0 Å². The van der Waals surface area contributed by atoms with E-state index in [2.05, 4.69) is 15.3 Å². The molecule has 0 aliphatic rings. The number of fused-ring (bicyclic) bond motifs is 1. The molecule has 3 N–H and O–H groups in total. The highest BCUT2D eigenvalue weighted by Gasteiger charge is 2.04. The van der Waals surface area contributed by atoms with Crippen LogP contribution in [0.2, 0.25) is 0 Å². The molecular weight excluding hydrogens is 264 g/mol. The van der Waals surface area contributed by atoms with Crippen LogP contribution in [-0.4, -0.2) is 17.1 Å². The molecule has 0 spiro atoms. The zero-order chi connectivity index (χ0) is 14.7. The number of nitrogens with one attached hydrogen (secondary N) is 1. The first-order chi connectivity index (χ1) is 10.3. The van der Waals surface area contributed by atoms with Crippen molar-refractivity contribution in [2.75, 3.05) is 18.2 Å². The van der Waals surface area contributed by atoms with Gasteiger partial charge in [0.1, 0.15) is 0 Å². The number of nitrogens with zero attached hydrogens (tertiary/aromatic N) is 2. The minimum atomic E-state index is 0.612. The van der Waals surface area contributed by atoms with E-state index in [1.165, 1.54) is 0 Å². The molecule has 0 amide bonds. The van der Waals surface area contributed by atoms with Crippen molar-refractivity contribution >= 4 is 22.1 Å². The number of aromatic nitrogens is 2. The number of pyridine rings is 2. The van der Waals surface area contributed by atoms with Crippen LogP contribution in [0.25, 0.3) is 10.8 Å². The molecule has 0 atom stereocenters. The smallest absolute Gasteiger partial charge is 0.213 e. The van der Waals surface area contributed by atoms with Crippen molar-refractivity contribution < 1.29 is 4.74 Å². The lowest BCUT2D eigenvalue weighted by atomic mass is 10.1. The van der Waals surface area contributed by atoms with Gasteiger partial charge in [-0.1, -0.05) is 0 Å². The molecular formula is C16H16N4O. The number of nitrogen functional groups attached to an aromatic ring is 1. The van der Waals surface area contributed by atoms with Crippen LogP contribution < -0.4 is 15.8 Å². The van der Waals surface area contributed by atoms with Crippen molar-refractivity contribution in [2.45, 2.75) is 6.54 Å². The molecule has 0 unspecified atom stereocenters. The van der Waals surface area contributed by atoms with Gasteiger partial charge in [-0.25, -0.2) is 4.98 Å². The molecule has 2 heterocycles. The molecule has 5 heteroatoms. The third-order valence-electron chi connectivity index (χ3n) is 3.34. The Labute approximate surface area is 122 Å². The summed E-state index contributed by atoms with van der Waals surface area (Å²) in [5.74, 6) is 0.612. The van der Waals surface area contributed by atoms with Gasteiger partial charge < -0.3 is 15.8 Å². The normalized spacial score (nSPS) is 10.5. The molecule has 0 bridgehead atoms. The van der Waals surface area contributed by atoms with Crippen LogP contribution in [-0.2, 0) is 6.54 Å². The average Bonchev–Trinajstić information content (AvgIpc) is 2.55. The fraction of sp³-hybridized carbons (Fsp3) is 0.125. The number of methoxy groups -OCH3 is 1. The van der Waals surface area contributed by atoms with E-state index in [0.29, 0.717) is 12.4 Å². The second kappa shape index (κ2) is 5.66. The molecule has 2 aromatic heterocycles. The molecule has 5 nitrogen and oxygen atoms in total. The lowest BCUT2D eigenvalue weighted by Crippen LogP contribution is -2.01. The van der Waals surface area contributed by atoms with Crippen LogP contribution >= 0.6 is 0 Å². The van der Waals surface area contributed by atoms with Gasteiger partial charge >= 0.3 is 0 Å². The van der Waals surface area contributed by atoms with E-state index < -0.39 is 0 Å². The van der Waals surface area contributed by atoms with Crippen molar-refractivity contribution in [3.63, 3.8) is 0 Å². The SMILES string of the molecule is COc1cc(CNc2ccc(N)c3cnccc23)ccn1. The minimum Gasteiger partial charge on any atom is -0.481 e. The summed E-state index contributed by atoms with van der Waals surface area (Å²) < 4.78 is 5.13. The molecule has 0 saturated heterocycles. The molecule has 1 aromatic carbocycles. The van der Waals surface area contributed by atoms with Crippen molar-refractivity contribution in [1.82, 2.24) is 9.97 Å². The van der Waals surface area contributed by atoms with E-state index in [-0.39, 0.29) is 0 Å². The quantitative estimate of drug-likeness (QED) is 0.719. The summed E-state index contributed by atoms with van der Waals surface area (Å²) in [6.07, 6.45) is 5.29. The molecule has 3 aromatic rings. The maximum absolute atomic E-state index is 5.98. The highest BCUT2D eigenvalue weighted by Crippen LogP contribution is 2.27. The first-order valence-electron chi connectivity index (χ1n) is 6.63. The van der Waals surface area contributed by atoms with Crippen molar-refractivity contribution in [3.05, 3.63) is 54.5 Å². The number of hydrogen-bond donors (Lipinski definition) is 2. The van der Waals surface area contributed by atoms with Crippen LogP contribution in [0.4, 0.5) is 11.4 Å². The van der Waals surface area contributed by atoms with Gasteiger partial charge in [0.2, 0.25) is 5.88 Å². The summed E-state index contributed by atoms with van der Waals surface area (Å²) in [4.78, 5) is 8.22. The van der Waals surface area contributed by atoms with E-state index >= 15 is 0 Å². The fourth-order valence-electron chi connectivity index (χ4n) is 2.24. The Hall–Kier alpha value is -2.82. The van der Waals surface area contributed by atoms with Crippen LogP contribution in [0.5, 0.6) is 5.88 Å². The molecule has 3 rings (SSSR count). The van der Waals surface area contributed by atoms with Crippen LogP contribution in [0.1, 0.15) is 5.56 Å². The van der Waals surface area contributed by atoms with Gasteiger partial charge in [0.25, 0.3) is 0 Å². The number of anilines is 2. The van der Waals surface area contributed by atoms with E-state index in [1.54, 1.807) is 25.7 Å². The van der Waals surface area contributed by atoms with Crippen molar-refractivity contribution in [2.24, 2.45) is 0 Å². The maximum atomic E-state index is 5.98. The lowest BCUT2D eigenvalue weighted by molar-refractivity contribution is 0.397. The summed E-state index contributed by atoms with van der Waals surface area (Å²) in [5, 5.41) is 5.43. The topological polar surface area (TPSA) is 73.1 Å². The first kappa shape index (κ1) is 13.2. The molecule has 0 aliphatic heterocycles. The van der Waals surface area contributed by atoms with Gasteiger partial charge in [-0.15, -0.1) is 0 Å². The zero-order valence-corrected chi connectivity index (χ0v) is 11.7. The predicted molar refractivity (Wildman–Crippen MR) is 84.3 cm³/mol. The molecule has 0 saturated carbocycles. The Morgan fingerprint density at radius 3 is 2.90 bits per heavy atom. The van der Waals surface area contributed by atoms with E-state index in [0.717, 1.165) is 27.7 Å². The summed E-state index contributed by atoms with van der Waals surface area (Å²) >= 11 is 0. The Bertz CT molecular complexity index is 773. The third kappa shape index (κ3) is 2.72. The number of nitrogens with two attached hydrogens (primary N) is 1. The summed E-state index contributed by atoms with van der Waals surface area (Å²) in [5.41, 5.74) is 8.83. The van der Waals surface area contributed by atoms with Gasteiger partial charge in [-0.2, -0.15) is 0 Å². The zero-order valence-electron chi connectivity index (χ0n) is 11.7. The second-order valence-electron chi connectivity index (χ2n) is 4.68. The summed E-state index contributed by atoms with van der Waals surface area (Å²) in [7, 11) is 1.61. The average molecular weight is 280 g/mol. The van der Waals surface area contributed by atoms with Crippen LogP contribution in [0, 0.1) is 0 Å². The number of hydrogen-bond acceptors (Lipinski definition) is 5. The van der Waals surface area contributed by atoms with Gasteiger partial charge in [-0.3, -0.25) is 4.98 Å².